The van der Waals surface area contributed by atoms with Crippen LogP contribution in [0.1, 0.15) is 30.6 Å². The Morgan fingerprint density at radius 3 is 2.82 bits per heavy atom. The fraction of sp³-hybridized carbons (Fsp3) is 0.227. The lowest BCUT2D eigenvalue weighted by molar-refractivity contribution is 0.181. The maximum absolute atomic E-state index is 13.3. The van der Waals surface area contributed by atoms with E-state index in [0.29, 0.717) is 23.0 Å². The number of anilines is 1. The zero-order valence-electron chi connectivity index (χ0n) is 15.9. The molecule has 0 aliphatic carbocycles. The fourth-order valence-corrected chi connectivity index (χ4v) is 4.00. The molecular weight excluding hydrogens is 374 g/mol. The lowest BCUT2D eigenvalue weighted by Crippen LogP contribution is -2.37. The second-order valence-corrected chi connectivity index (χ2v) is 7.19. The van der Waals surface area contributed by atoms with E-state index in [1.165, 1.54) is 0 Å². The number of para-hydroxylation sites is 1. The highest BCUT2D eigenvalue weighted by Crippen LogP contribution is 2.35. The van der Waals surface area contributed by atoms with Gasteiger partial charge in [-0.1, -0.05) is 36.7 Å². The van der Waals surface area contributed by atoms with Gasteiger partial charge in [0.05, 0.1) is 31.1 Å². The fourth-order valence-electron chi connectivity index (χ4n) is 3.83. The van der Waals surface area contributed by atoms with Crippen molar-refractivity contribution in [2.75, 3.05) is 12.4 Å². The zero-order chi connectivity index (χ0) is 19.7. The molecule has 0 saturated carbocycles. The number of carbonyl (C=O) groups is 1. The van der Waals surface area contributed by atoms with Crippen molar-refractivity contribution in [2.45, 2.75) is 25.9 Å². The van der Waals surface area contributed by atoms with Crippen LogP contribution in [0.5, 0.6) is 5.75 Å². The van der Waals surface area contributed by atoms with Crippen LogP contribution >= 0.6 is 11.6 Å². The summed E-state index contributed by atoms with van der Waals surface area (Å²) < 4.78 is 7.55. The molecule has 6 heteroatoms. The molecule has 0 spiro atoms. The number of hydrogen-bond acceptors (Lipinski definition) is 2. The highest BCUT2D eigenvalue weighted by atomic mass is 35.5. The average Bonchev–Trinajstić information content (AvgIpc) is 3.13. The number of amides is 2. The molecule has 1 atom stereocenters. The number of hydrogen-bond donors (Lipinski definition) is 1. The predicted molar refractivity (Wildman–Crippen MR) is 111 cm³/mol. The minimum Gasteiger partial charge on any atom is -0.495 e. The Kier molecular flexibility index (Phi) is 5.01. The van der Waals surface area contributed by atoms with E-state index in [1.54, 1.807) is 25.3 Å². The van der Waals surface area contributed by atoms with E-state index in [4.69, 9.17) is 16.3 Å². The first kappa shape index (κ1) is 18.4. The summed E-state index contributed by atoms with van der Waals surface area (Å²) in [6, 6.07) is 17.2. The molecule has 1 aromatic heterocycles. The van der Waals surface area contributed by atoms with Crippen LogP contribution in [0.25, 0.3) is 5.69 Å². The van der Waals surface area contributed by atoms with E-state index in [9.17, 15) is 4.79 Å². The van der Waals surface area contributed by atoms with Crippen molar-refractivity contribution in [2.24, 2.45) is 0 Å². The van der Waals surface area contributed by atoms with Crippen molar-refractivity contribution in [3.8, 4) is 11.4 Å². The number of benzene rings is 2. The maximum atomic E-state index is 13.3. The third-order valence-corrected chi connectivity index (χ3v) is 5.38. The number of nitrogens with zero attached hydrogens (tertiary/aromatic N) is 2. The van der Waals surface area contributed by atoms with Crippen molar-refractivity contribution in [1.82, 2.24) is 9.47 Å². The third-order valence-electron chi connectivity index (χ3n) is 5.14. The highest BCUT2D eigenvalue weighted by Gasteiger charge is 2.30. The lowest BCUT2D eigenvalue weighted by Gasteiger charge is -2.30. The summed E-state index contributed by atoms with van der Waals surface area (Å²) in [6.07, 6.45) is 2.86. The van der Waals surface area contributed by atoms with Crippen molar-refractivity contribution in [3.63, 3.8) is 0 Å². The van der Waals surface area contributed by atoms with Gasteiger partial charge >= 0.3 is 6.03 Å². The molecule has 28 heavy (non-hydrogen) atoms. The Morgan fingerprint density at radius 2 is 2.04 bits per heavy atom. The predicted octanol–water partition coefficient (Wildman–Crippen LogP) is 5.64. The normalized spacial score (nSPS) is 15.4. The molecule has 2 amide bonds. The van der Waals surface area contributed by atoms with Gasteiger partial charge in [0.2, 0.25) is 0 Å². The summed E-state index contributed by atoms with van der Waals surface area (Å²) in [4.78, 5) is 15.2. The summed E-state index contributed by atoms with van der Waals surface area (Å²) in [7, 11) is 1.57. The molecule has 0 saturated heterocycles. The van der Waals surface area contributed by atoms with Gasteiger partial charge < -0.3 is 19.5 Å². The minimum absolute atomic E-state index is 0.0485. The first-order valence-electron chi connectivity index (χ1n) is 9.29. The van der Waals surface area contributed by atoms with Crippen LogP contribution < -0.4 is 10.1 Å². The molecule has 1 aliphatic heterocycles. The monoisotopic (exact) mass is 395 g/mol. The minimum atomic E-state index is -0.183. The molecule has 144 valence electrons. The summed E-state index contributed by atoms with van der Waals surface area (Å²) in [6.45, 7) is 2.61. The van der Waals surface area contributed by atoms with Crippen molar-refractivity contribution in [3.05, 3.63) is 77.1 Å². The Labute approximate surface area is 169 Å². The molecule has 1 N–H and O–H groups in total. The summed E-state index contributed by atoms with van der Waals surface area (Å²) >= 11 is 6.12. The van der Waals surface area contributed by atoms with Crippen LogP contribution in [0.3, 0.4) is 0 Å². The molecule has 0 radical (unpaired) electrons. The van der Waals surface area contributed by atoms with Gasteiger partial charge in [-0.25, -0.2) is 4.79 Å². The number of fused-ring (bicyclic) bond motifs is 3. The Hall–Kier alpha value is -2.92. The first-order valence-corrected chi connectivity index (χ1v) is 9.67. The van der Waals surface area contributed by atoms with Gasteiger partial charge in [-0.3, -0.25) is 0 Å². The summed E-state index contributed by atoms with van der Waals surface area (Å²) in [5.41, 5.74) is 3.86. The van der Waals surface area contributed by atoms with E-state index in [-0.39, 0.29) is 12.1 Å². The average molecular weight is 396 g/mol. The SMILES string of the molecule is CC[C@@H]1c2cccn2-c2ccccc2CN1C(=O)Nc1cc(Cl)ccc1OC. The van der Waals surface area contributed by atoms with Crippen molar-refractivity contribution in [1.29, 1.82) is 0 Å². The van der Waals surface area contributed by atoms with Crippen LogP contribution in [-0.4, -0.2) is 22.6 Å². The highest BCUT2D eigenvalue weighted by molar-refractivity contribution is 6.31. The number of urea groups is 1. The van der Waals surface area contributed by atoms with E-state index in [2.05, 4.69) is 41.2 Å². The smallest absolute Gasteiger partial charge is 0.322 e. The van der Waals surface area contributed by atoms with Crippen LogP contribution in [0.2, 0.25) is 5.02 Å². The maximum Gasteiger partial charge on any atom is 0.322 e. The Bertz CT molecular complexity index is 1010. The lowest BCUT2D eigenvalue weighted by atomic mass is 10.1. The molecule has 0 bridgehead atoms. The van der Waals surface area contributed by atoms with Crippen LogP contribution in [0.4, 0.5) is 10.5 Å². The second-order valence-electron chi connectivity index (χ2n) is 6.76. The van der Waals surface area contributed by atoms with Gasteiger partial charge in [-0.05, 0) is 48.4 Å². The van der Waals surface area contributed by atoms with Gasteiger partial charge in [-0.2, -0.15) is 0 Å². The molecule has 4 rings (SSSR count). The topological polar surface area (TPSA) is 46.5 Å². The molecule has 0 unspecified atom stereocenters. The molecular formula is C22H22ClN3O2. The van der Waals surface area contributed by atoms with E-state index >= 15 is 0 Å². The Morgan fingerprint density at radius 1 is 1.21 bits per heavy atom. The zero-order valence-corrected chi connectivity index (χ0v) is 16.6. The quantitative estimate of drug-likeness (QED) is 0.623. The number of ether oxygens (including phenoxy) is 1. The van der Waals surface area contributed by atoms with Crippen LogP contribution in [0, 0.1) is 0 Å². The molecule has 3 aromatic rings. The molecule has 2 aromatic carbocycles. The molecule has 5 nitrogen and oxygen atoms in total. The Balaban J connectivity index is 1.73. The standard InChI is InChI=1S/C22H22ClN3O2/c1-3-18-20-9-6-12-25(20)19-8-5-4-7-15(19)14-26(18)22(27)24-17-13-16(23)10-11-21(17)28-2/h4-13,18H,3,14H2,1-2H3,(H,24,27)/t18-/m1/s1. The number of methoxy groups -OCH3 is 1. The van der Waals surface area contributed by atoms with Crippen LogP contribution in [-0.2, 0) is 6.54 Å². The van der Waals surface area contributed by atoms with Crippen molar-refractivity contribution < 1.29 is 9.53 Å². The molecule has 0 fully saturated rings. The van der Waals surface area contributed by atoms with Gasteiger partial charge in [0, 0.05) is 16.9 Å². The number of carbonyl (C=O) groups excluding carboxylic acids is 1. The number of nitrogens with one attached hydrogen (secondary N) is 1. The first-order chi connectivity index (χ1) is 13.6. The van der Waals surface area contributed by atoms with Gasteiger partial charge in [-0.15, -0.1) is 0 Å². The van der Waals surface area contributed by atoms with Crippen LogP contribution in [0.15, 0.2) is 60.8 Å². The number of aromatic nitrogens is 1. The molecule has 1 aliphatic rings. The number of rotatable bonds is 3. The largest absolute Gasteiger partial charge is 0.495 e. The summed E-state index contributed by atoms with van der Waals surface area (Å²) in [5, 5.41) is 3.53. The van der Waals surface area contributed by atoms with Crippen molar-refractivity contribution >= 4 is 23.3 Å². The second kappa shape index (κ2) is 7.60. The van der Waals surface area contributed by atoms with Gasteiger partial charge in [0.1, 0.15) is 5.75 Å². The van der Waals surface area contributed by atoms with Gasteiger partial charge in [0.15, 0.2) is 0 Å². The number of halogens is 1. The summed E-state index contributed by atoms with van der Waals surface area (Å²) in [5.74, 6) is 0.574. The van der Waals surface area contributed by atoms with Gasteiger partial charge in [0.25, 0.3) is 0 Å². The van der Waals surface area contributed by atoms with E-state index < -0.39 is 0 Å². The van der Waals surface area contributed by atoms with E-state index in [0.717, 1.165) is 23.4 Å². The molecule has 2 heterocycles. The van der Waals surface area contributed by atoms with E-state index in [1.807, 2.05) is 23.1 Å². The third kappa shape index (κ3) is 3.22.